The van der Waals surface area contributed by atoms with Gasteiger partial charge in [0.05, 0.1) is 23.2 Å². The normalized spacial score (nSPS) is 11.2. The van der Waals surface area contributed by atoms with Crippen molar-refractivity contribution < 1.29 is 18.0 Å². The number of rotatable bonds is 7. The van der Waals surface area contributed by atoms with E-state index in [9.17, 15) is 18.0 Å². The standard InChI is InChI=1S/C19H22ClN3O4S/c1-13(2)21-19(25)16-6-4-5-7-17(16)22-18(24)12-23(28(3,26)27)15-10-8-14(20)9-11-15/h4-11,13H,12H2,1-3H3,(H,21,25)(H,22,24). The van der Waals surface area contributed by atoms with E-state index in [1.54, 1.807) is 36.4 Å². The highest BCUT2D eigenvalue weighted by atomic mass is 35.5. The number of amides is 2. The fourth-order valence-electron chi connectivity index (χ4n) is 2.46. The summed E-state index contributed by atoms with van der Waals surface area (Å²) in [6.45, 7) is 3.21. The summed E-state index contributed by atoms with van der Waals surface area (Å²) in [7, 11) is -3.71. The van der Waals surface area contributed by atoms with Crippen LogP contribution in [-0.4, -0.2) is 39.1 Å². The van der Waals surface area contributed by atoms with Gasteiger partial charge in [-0.25, -0.2) is 8.42 Å². The Morgan fingerprint density at radius 2 is 1.68 bits per heavy atom. The molecule has 0 aliphatic rings. The molecule has 0 heterocycles. The lowest BCUT2D eigenvalue weighted by molar-refractivity contribution is -0.114. The summed E-state index contributed by atoms with van der Waals surface area (Å²) in [4.78, 5) is 24.8. The van der Waals surface area contributed by atoms with Gasteiger partial charge in [0.1, 0.15) is 6.54 Å². The van der Waals surface area contributed by atoms with Gasteiger partial charge in [-0.15, -0.1) is 0 Å². The Bertz CT molecular complexity index is 959. The van der Waals surface area contributed by atoms with E-state index in [0.717, 1.165) is 10.6 Å². The van der Waals surface area contributed by atoms with Gasteiger partial charge in [0.2, 0.25) is 15.9 Å². The molecule has 2 aromatic rings. The molecular weight excluding hydrogens is 402 g/mol. The van der Waals surface area contributed by atoms with Gasteiger partial charge in [0, 0.05) is 11.1 Å². The minimum atomic E-state index is -3.71. The second kappa shape index (κ2) is 9.07. The summed E-state index contributed by atoms with van der Waals surface area (Å²) < 4.78 is 25.3. The largest absolute Gasteiger partial charge is 0.350 e. The number of sulfonamides is 1. The maximum Gasteiger partial charge on any atom is 0.253 e. The molecule has 28 heavy (non-hydrogen) atoms. The number of benzene rings is 2. The second-order valence-corrected chi connectivity index (χ2v) is 8.81. The Kier molecular flexibility index (Phi) is 7.04. The number of hydrogen-bond donors (Lipinski definition) is 2. The third-order valence-electron chi connectivity index (χ3n) is 3.67. The molecule has 2 amide bonds. The molecule has 150 valence electrons. The molecule has 0 bridgehead atoms. The fourth-order valence-corrected chi connectivity index (χ4v) is 3.44. The molecule has 0 saturated carbocycles. The molecule has 2 N–H and O–H groups in total. The average molecular weight is 424 g/mol. The molecule has 0 aliphatic carbocycles. The smallest absolute Gasteiger partial charge is 0.253 e. The second-order valence-electron chi connectivity index (χ2n) is 6.47. The number of hydrogen-bond acceptors (Lipinski definition) is 4. The highest BCUT2D eigenvalue weighted by molar-refractivity contribution is 7.92. The Morgan fingerprint density at radius 1 is 1.07 bits per heavy atom. The van der Waals surface area contributed by atoms with Crippen molar-refractivity contribution in [2.45, 2.75) is 19.9 Å². The molecule has 0 unspecified atom stereocenters. The van der Waals surface area contributed by atoms with Crippen LogP contribution >= 0.6 is 11.6 Å². The monoisotopic (exact) mass is 423 g/mol. The van der Waals surface area contributed by atoms with Crippen molar-refractivity contribution in [2.24, 2.45) is 0 Å². The van der Waals surface area contributed by atoms with E-state index in [1.807, 2.05) is 13.8 Å². The quantitative estimate of drug-likeness (QED) is 0.715. The van der Waals surface area contributed by atoms with E-state index < -0.39 is 22.5 Å². The lowest BCUT2D eigenvalue weighted by Gasteiger charge is -2.22. The molecule has 0 aromatic heterocycles. The highest BCUT2D eigenvalue weighted by Crippen LogP contribution is 2.21. The van der Waals surface area contributed by atoms with E-state index in [2.05, 4.69) is 10.6 Å². The van der Waals surface area contributed by atoms with Gasteiger partial charge >= 0.3 is 0 Å². The predicted molar refractivity (Wildman–Crippen MR) is 111 cm³/mol. The predicted octanol–water partition coefficient (Wildman–Crippen LogP) is 2.88. The van der Waals surface area contributed by atoms with Crippen molar-refractivity contribution in [2.75, 3.05) is 22.4 Å². The number of halogens is 1. The van der Waals surface area contributed by atoms with Crippen LogP contribution in [0.15, 0.2) is 48.5 Å². The van der Waals surface area contributed by atoms with E-state index in [0.29, 0.717) is 22.0 Å². The molecule has 2 aromatic carbocycles. The van der Waals surface area contributed by atoms with Crippen LogP contribution in [0.3, 0.4) is 0 Å². The van der Waals surface area contributed by atoms with Crippen molar-refractivity contribution in [3.63, 3.8) is 0 Å². The van der Waals surface area contributed by atoms with Crippen LogP contribution < -0.4 is 14.9 Å². The molecule has 0 aliphatic heterocycles. The third kappa shape index (κ3) is 5.97. The van der Waals surface area contributed by atoms with Crippen molar-refractivity contribution in [3.05, 3.63) is 59.1 Å². The minimum Gasteiger partial charge on any atom is -0.350 e. The van der Waals surface area contributed by atoms with Gasteiger partial charge in [0.15, 0.2) is 0 Å². The molecule has 7 nitrogen and oxygen atoms in total. The molecular formula is C19H22ClN3O4S. The minimum absolute atomic E-state index is 0.0677. The van der Waals surface area contributed by atoms with Crippen molar-refractivity contribution in [1.82, 2.24) is 5.32 Å². The topological polar surface area (TPSA) is 95.6 Å². The summed E-state index contributed by atoms with van der Waals surface area (Å²) in [5.74, 6) is -0.909. The molecule has 0 radical (unpaired) electrons. The lowest BCUT2D eigenvalue weighted by atomic mass is 10.1. The zero-order valence-electron chi connectivity index (χ0n) is 15.8. The summed E-state index contributed by atoms with van der Waals surface area (Å²) in [5.41, 5.74) is 0.907. The lowest BCUT2D eigenvalue weighted by Crippen LogP contribution is -2.38. The molecule has 0 spiro atoms. The van der Waals surface area contributed by atoms with Crippen LogP contribution in [0.2, 0.25) is 5.02 Å². The highest BCUT2D eigenvalue weighted by Gasteiger charge is 2.22. The number of para-hydroxylation sites is 1. The van der Waals surface area contributed by atoms with Gasteiger partial charge in [-0.1, -0.05) is 23.7 Å². The van der Waals surface area contributed by atoms with Crippen molar-refractivity contribution >= 4 is 44.8 Å². The molecule has 2 rings (SSSR count). The van der Waals surface area contributed by atoms with E-state index in [1.165, 1.54) is 12.1 Å². The maximum atomic E-state index is 12.5. The van der Waals surface area contributed by atoms with Crippen molar-refractivity contribution in [3.8, 4) is 0 Å². The van der Waals surface area contributed by atoms with Gasteiger partial charge in [-0.2, -0.15) is 0 Å². The Balaban J connectivity index is 2.22. The number of nitrogens with zero attached hydrogens (tertiary/aromatic N) is 1. The summed E-state index contributed by atoms with van der Waals surface area (Å²) in [6, 6.07) is 12.6. The summed E-state index contributed by atoms with van der Waals surface area (Å²) in [6.07, 6.45) is 1.01. The van der Waals surface area contributed by atoms with Crippen LogP contribution in [0.5, 0.6) is 0 Å². The zero-order valence-corrected chi connectivity index (χ0v) is 17.3. The van der Waals surface area contributed by atoms with E-state index in [4.69, 9.17) is 11.6 Å². The van der Waals surface area contributed by atoms with Gasteiger partial charge < -0.3 is 10.6 Å². The first-order valence-corrected chi connectivity index (χ1v) is 10.7. The van der Waals surface area contributed by atoms with E-state index in [-0.39, 0.29) is 11.9 Å². The first-order valence-electron chi connectivity index (χ1n) is 8.51. The van der Waals surface area contributed by atoms with E-state index >= 15 is 0 Å². The van der Waals surface area contributed by atoms with Gasteiger partial charge in [0.25, 0.3) is 5.91 Å². The molecule has 0 saturated heterocycles. The Labute approximate surface area is 169 Å². The van der Waals surface area contributed by atoms with Crippen LogP contribution in [0.25, 0.3) is 0 Å². The third-order valence-corrected chi connectivity index (χ3v) is 5.06. The Morgan fingerprint density at radius 3 is 2.25 bits per heavy atom. The number of carbonyl (C=O) groups is 2. The first-order chi connectivity index (χ1) is 13.1. The average Bonchev–Trinajstić information content (AvgIpc) is 2.59. The number of anilines is 2. The summed E-state index contributed by atoms with van der Waals surface area (Å²) in [5, 5.41) is 5.83. The number of nitrogens with one attached hydrogen (secondary N) is 2. The van der Waals surface area contributed by atoms with Crippen LogP contribution in [0, 0.1) is 0 Å². The van der Waals surface area contributed by atoms with Crippen LogP contribution in [0.4, 0.5) is 11.4 Å². The Hall–Kier alpha value is -2.58. The van der Waals surface area contributed by atoms with Crippen LogP contribution in [0.1, 0.15) is 24.2 Å². The van der Waals surface area contributed by atoms with Crippen LogP contribution in [-0.2, 0) is 14.8 Å². The van der Waals surface area contributed by atoms with Gasteiger partial charge in [-0.3, -0.25) is 13.9 Å². The SMILES string of the molecule is CC(C)NC(=O)c1ccccc1NC(=O)CN(c1ccc(Cl)cc1)S(C)(=O)=O. The molecule has 9 heteroatoms. The van der Waals surface area contributed by atoms with Crippen molar-refractivity contribution in [1.29, 1.82) is 0 Å². The summed E-state index contributed by atoms with van der Waals surface area (Å²) >= 11 is 5.84. The van der Waals surface area contributed by atoms with Gasteiger partial charge in [-0.05, 0) is 50.2 Å². The first kappa shape index (κ1) is 21.7. The zero-order chi connectivity index (χ0) is 20.9. The molecule has 0 atom stereocenters. The fraction of sp³-hybridized carbons (Fsp3) is 0.263. The number of carbonyl (C=O) groups excluding carboxylic acids is 2. The maximum absolute atomic E-state index is 12.5. The molecule has 0 fully saturated rings.